The van der Waals surface area contributed by atoms with Gasteiger partial charge >= 0.3 is 0 Å². The van der Waals surface area contributed by atoms with E-state index in [1.807, 2.05) is 11.9 Å². The second-order valence-electron chi connectivity index (χ2n) is 4.95. The molecular weight excluding hydrogens is 230 g/mol. The van der Waals surface area contributed by atoms with Crippen LogP contribution in [-0.4, -0.2) is 42.6 Å². The van der Waals surface area contributed by atoms with Crippen LogP contribution in [0, 0.1) is 12.8 Å². The van der Waals surface area contributed by atoms with Gasteiger partial charge in [-0.25, -0.2) is 0 Å². The Balaban J connectivity index is 1.84. The van der Waals surface area contributed by atoms with E-state index in [1.165, 1.54) is 6.42 Å². The zero-order valence-corrected chi connectivity index (χ0v) is 11.1. The summed E-state index contributed by atoms with van der Waals surface area (Å²) in [5.74, 6) is 1.42. The Kier molecular flexibility index (Phi) is 4.36. The van der Waals surface area contributed by atoms with E-state index in [4.69, 9.17) is 4.52 Å². The Morgan fingerprint density at radius 3 is 2.83 bits per heavy atom. The molecule has 5 heteroatoms. The lowest BCUT2D eigenvalue weighted by molar-refractivity contribution is 0.0676. The summed E-state index contributed by atoms with van der Waals surface area (Å²) in [4.78, 5) is 14.0. The van der Waals surface area contributed by atoms with Crippen LogP contribution in [0.4, 0.5) is 0 Å². The topological polar surface area (TPSA) is 58.4 Å². The minimum atomic E-state index is -0.00100. The molecule has 1 N–H and O–H groups in total. The van der Waals surface area contributed by atoms with E-state index in [0.717, 1.165) is 38.4 Å². The zero-order chi connectivity index (χ0) is 13.0. The minimum absolute atomic E-state index is 0.00100. The highest BCUT2D eigenvalue weighted by Crippen LogP contribution is 2.21. The van der Waals surface area contributed by atoms with Crippen molar-refractivity contribution in [2.75, 3.05) is 26.7 Å². The molecule has 0 unspecified atom stereocenters. The SMILES string of the molecule is CNCCC1CCN(C(=O)c2cc(C)on2)CC1. The van der Waals surface area contributed by atoms with Crippen molar-refractivity contribution in [1.82, 2.24) is 15.4 Å². The van der Waals surface area contributed by atoms with Crippen molar-refractivity contribution in [3.05, 3.63) is 17.5 Å². The van der Waals surface area contributed by atoms with Gasteiger partial charge in [-0.2, -0.15) is 0 Å². The fraction of sp³-hybridized carbons (Fsp3) is 0.692. The summed E-state index contributed by atoms with van der Waals surface area (Å²) in [5, 5.41) is 6.96. The molecular formula is C13H21N3O2. The largest absolute Gasteiger partial charge is 0.361 e. The predicted octanol–water partition coefficient (Wildman–Crippen LogP) is 1.44. The minimum Gasteiger partial charge on any atom is -0.361 e. The van der Waals surface area contributed by atoms with E-state index in [2.05, 4.69) is 10.5 Å². The molecule has 1 aromatic rings. The maximum Gasteiger partial charge on any atom is 0.276 e. The first-order chi connectivity index (χ1) is 8.70. The molecule has 0 radical (unpaired) electrons. The third-order valence-corrected chi connectivity index (χ3v) is 3.55. The summed E-state index contributed by atoms with van der Waals surface area (Å²) in [5.41, 5.74) is 0.432. The van der Waals surface area contributed by atoms with E-state index >= 15 is 0 Å². The molecule has 0 saturated carbocycles. The maximum atomic E-state index is 12.1. The lowest BCUT2D eigenvalue weighted by Gasteiger charge is -2.31. The predicted molar refractivity (Wildman–Crippen MR) is 68.4 cm³/mol. The number of amides is 1. The van der Waals surface area contributed by atoms with Gasteiger partial charge in [0, 0.05) is 19.2 Å². The number of aromatic nitrogens is 1. The standard InChI is InChI=1S/C13H21N3O2/c1-10-9-12(15-18-10)13(17)16-7-4-11(5-8-16)3-6-14-2/h9,11,14H,3-8H2,1-2H3. The highest BCUT2D eigenvalue weighted by molar-refractivity contribution is 5.92. The second-order valence-corrected chi connectivity index (χ2v) is 4.95. The number of carbonyl (C=O) groups is 1. The lowest BCUT2D eigenvalue weighted by atomic mass is 9.93. The number of hydrogen-bond donors (Lipinski definition) is 1. The average Bonchev–Trinajstić information content (AvgIpc) is 2.83. The van der Waals surface area contributed by atoms with Crippen molar-refractivity contribution in [1.29, 1.82) is 0 Å². The van der Waals surface area contributed by atoms with E-state index < -0.39 is 0 Å². The van der Waals surface area contributed by atoms with Crippen LogP contribution in [0.25, 0.3) is 0 Å². The van der Waals surface area contributed by atoms with Crippen LogP contribution in [0.3, 0.4) is 0 Å². The number of nitrogens with one attached hydrogen (secondary N) is 1. The molecule has 0 atom stereocenters. The van der Waals surface area contributed by atoms with E-state index in [0.29, 0.717) is 11.5 Å². The van der Waals surface area contributed by atoms with Crippen LogP contribution in [0.15, 0.2) is 10.6 Å². The number of piperidine rings is 1. The molecule has 2 heterocycles. The molecule has 0 bridgehead atoms. The highest BCUT2D eigenvalue weighted by Gasteiger charge is 2.24. The van der Waals surface area contributed by atoms with Crippen LogP contribution in [0.2, 0.25) is 0 Å². The number of hydrogen-bond acceptors (Lipinski definition) is 4. The first-order valence-corrected chi connectivity index (χ1v) is 6.58. The molecule has 100 valence electrons. The maximum absolute atomic E-state index is 12.1. The average molecular weight is 251 g/mol. The van der Waals surface area contributed by atoms with Crippen molar-refractivity contribution in [3.63, 3.8) is 0 Å². The van der Waals surface area contributed by atoms with E-state index in [9.17, 15) is 4.79 Å². The zero-order valence-electron chi connectivity index (χ0n) is 11.1. The van der Waals surface area contributed by atoms with Gasteiger partial charge < -0.3 is 14.7 Å². The Morgan fingerprint density at radius 2 is 2.28 bits per heavy atom. The molecule has 0 spiro atoms. The Bertz CT molecular complexity index is 395. The molecule has 18 heavy (non-hydrogen) atoms. The van der Waals surface area contributed by atoms with Crippen LogP contribution >= 0.6 is 0 Å². The van der Waals surface area contributed by atoms with Crippen molar-refractivity contribution in [2.45, 2.75) is 26.2 Å². The quantitative estimate of drug-likeness (QED) is 0.880. The number of aryl methyl sites for hydroxylation is 1. The Labute approximate surface area is 108 Å². The number of nitrogens with zero attached hydrogens (tertiary/aromatic N) is 2. The van der Waals surface area contributed by atoms with Crippen molar-refractivity contribution < 1.29 is 9.32 Å². The number of carbonyl (C=O) groups excluding carboxylic acids is 1. The molecule has 1 saturated heterocycles. The smallest absolute Gasteiger partial charge is 0.276 e. The van der Waals surface area contributed by atoms with Gasteiger partial charge in [0.1, 0.15) is 5.76 Å². The number of rotatable bonds is 4. The van der Waals surface area contributed by atoms with Crippen LogP contribution in [0.5, 0.6) is 0 Å². The second kappa shape index (κ2) is 6.00. The summed E-state index contributed by atoms with van der Waals surface area (Å²) in [6.07, 6.45) is 3.37. The van der Waals surface area contributed by atoms with Gasteiger partial charge in [-0.1, -0.05) is 5.16 Å². The van der Waals surface area contributed by atoms with Crippen LogP contribution in [0.1, 0.15) is 35.5 Å². The van der Waals surface area contributed by atoms with Gasteiger partial charge in [0.05, 0.1) is 0 Å². The summed E-state index contributed by atoms with van der Waals surface area (Å²) in [7, 11) is 1.98. The molecule has 1 aliphatic rings. The fourth-order valence-electron chi connectivity index (χ4n) is 2.40. The summed E-state index contributed by atoms with van der Waals surface area (Å²) in [6.45, 7) is 4.52. The first kappa shape index (κ1) is 13.1. The molecule has 1 fully saturated rings. The number of likely N-dealkylation sites (tertiary alicyclic amines) is 1. The van der Waals surface area contributed by atoms with Gasteiger partial charge in [0.15, 0.2) is 5.69 Å². The Morgan fingerprint density at radius 1 is 1.56 bits per heavy atom. The monoisotopic (exact) mass is 251 g/mol. The third kappa shape index (κ3) is 3.10. The van der Waals surface area contributed by atoms with Gasteiger partial charge in [0.25, 0.3) is 5.91 Å². The van der Waals surface area contributed by atoms with Gasteiger partial charge in [0.2, 0.25) is 0 Å². The van der Waals surface area contributed by atoms with E-state index in [-0.39, 0.29) is 5.91 Å². The highest BCUT2D eigenvalue weighted by atomic mass is 16.5. The molecule has 2 rings (SSSR count). The van der Waals surface area contributed by atoms with Crippen LogP contribution in [-0.2, 0) is 0 Å². The van der Waals surface area contributed by atoms with Crippen LogP contribution < -0.4 is 5.32 Å². The van der Waals surface area contributed by atoms with E-state index in [1.54, 1.807) is 13.0 Å². The summed E-state index contributed by atoms with van der Waals surface area (Å²) < 4.78 is 4.94. The molecule has 1 aliphatic heterocycles. The van der Waals surface area contributed by atoms with Gasteiger partial charge in [-0.05, 0) is 45.7 Å². The van der Waals surface area contributed by atoms with Crippen molar-refractivity contribution in [2.24, 2.45) is 5.92 Å². The van der Waals surface area contributed by atoms with Gasteiger partial charge in [-0.3, -0.25) is 4.79 Å². The third-order valence-electron chi connectivity index (χ3n) is 3.55. The first-order valence-electron chi connectivity index (χ1n) is 6.58. The fourth-order valence-corrected chi connectivity index (χ4v) is 2.40. The Hall–Kier alpha value is -1.36. The molecule has 5 nitrogen and oxygen atoms in total. The summed E-state index contributed by atoms with van der Waals surface area (Å²) in [6, 6.07) is 1.70. The summed E-state index contributed by atoms with van der Waals surface area (Å²) >= 11 is 0. The molecule has 1 amide bonds. The molecule has 0 aromatic carbocycles. The van der Waals surface area contributed by atoms with Crippen molar-refractivity contribution in [3.8, 4) is 0 Å². The lowest BCUT2D eigenvalue weighted by Crippen LogP contribution is -2.39. The normalized spacial score (nSPS) is 17.1. The molecule has 0 aliphatic carbocycles. The molecule has 1 aromatic heterocycles. The van der Waals surface area contributed by atoms with Gasteiger partial charge in [-0.15, -0.1) is 0 Å². The van der Waals surface area contributed by atoms with Crippen molar-refractivity contribution >= 4 is 5.91 Å².